The Hall–Kier alpha value is -1.72. The van der Waals surface area contributed by atoms with Crippen LogP contribution in [-0.2, 0) is 6.54 Å². The zero-order chi connectivity index (χ0) is 13.7. The molecule has 0 unspecified atom stereocenters. The Morgan fingerprint density at radius 2 is 2.21 bits per heavy atom. The Morgan fingerprint density at radius 3 is 2.89 bits per heavy atom. The van der Waals surface area contributed by atoms with E-state index in [-0.39, 0.29) is 5.82 Å². The molecule has 0 aliphatic heterocycles. The first-order valence-electron chi connectivity index (χ1n) is 6.29. The van der Waals surface area contributed by atoms with Crippen LogP contribution < -0.4 is 5.32 Å². The maximum absolute atomic E-state index is 13.4. The SMILES string of the molecule is Cc1cnn(CCNC[C@@H](O)c2ccccc2F)c1. The van der Waals surface area contributed by atoms with Crippen LogP contribution in [0.1, 0.15) is 17.2 Å². The van der Waals surface area contributed by atoms with E-state index in [4.69, 9.17) is 0 Å². The molecule has 0 aliphatic rings. The minimum Gasteiger partial charge on any atom is -0.387 e. The second-order valence-electron chi connectivity index (χ2n) is 4.52. The number of nitrogens with zero attached hydrogens (tertiary/aromatic N) is 2. The van der Waals surface area contributed by atoms with Crippen LogP contribution in [0.2, 0.25) is 0 Å². The summed E-state index contributed by atoms with van der Waals surface area (Å²) in [5.74, 6) is -0.375. The van der Waals surface area contributed by atoms with Gasteiger partial charge in [0.25, 0.3) is 0 Å². The van der Waals surface area contributed by atoms with Gasteiger partial charge in [0, 0.05) is 24.8 Å². The van der Waals surface area contributed by atoms with Crippen LogP contribution in [0.15, 0.2) is 36.7 Å². The molecule has 1 heterocycles. The van der Waals surface area contributed by atoms with Crippen molar-refractivity contribution in [2.24, 2.45) is 0 Å². The number of rotatable bonds is 6. The Kier molecular flexibility index (Phi) is 4.65. The fraction of sp³-hybridized carbons (Fsp3) is 0.357. The summed E-state index contributed by atoms with van der Waals surface area (Å²) in [4.78, 5) is 0. The van der Waals surface area contributed by atoms with Crippen molar-refractivity contribution >= 4 is 0 Å². The number of halogens is 1. The van der Waals surface area contributed by atoms with Gasteiger partial charge in [-0.25, -0.2) is 4.39 Å². The van der Waals surface area contributed by atoms with E-state index in [1.165, 1.54) is 6.07 Å². The molecule has 1 atom stereocenters. The fourth-order valence-electron chi connectivity index (χ4n) is 1.88. The maximum Gasteiger partial charge on any atom is 0.129 e. The molecule has 2 rings (SSSR count). The van der Waals surface area contributed by atoms with E-state index >= 15 is 0 Å². The molecule has 0 radical (unpaired) electrons. The molecule has 5 heteroatoms. The Balaban J connectivity index is 1.75. The summed E-state index contributed by atoms with van der Waals surface area (Å²) in [5, 5.41) is 17.1. The summed E-state index contributed by atoms with van der Waals surface area (Å²) in [5.41, 5.74) is 1.44. The van der Waals surface area contributed by atoms with Crippen molar-refractivity contribution in [1.29, 1.82) is 0 Å². The third-order valence-electron chi connectivity index (χ3n) is 2.88. The van der Waals surface area contributed by atoms with E-state index < -0.39 is 6.10 Å². The lowest BCUT2D eigenvalue weighted by molar-refractivity contribution is 0.169. The van der Waals surface area contributed by atoms with Crippen LogP contribution in [0.25, 0.3) is 0 Å². The molecule has 0 aliphatic carbocycles. The number of aliphatic hydroxyl groups excluding tert-OH is 1. The normalized spacial score (nSPS) is 12.6. The minimum atomic E-state index is -0.833. The van der Waals surface area contributed by atoms with Gasteiger partial charge < -0.3 is 10.4 Å². The highest BCUT2D eigenvalue weighted by molar-refractivity contribution is 5.19. The highest BCUT2D eigenvalue weighted by atomic mass is 19.1. The first kappa shape index (κ1) is 13.7. The Labute approximate surface area is 111 Å². The largest absolute Gasteiger partial charge is 0.387 e. The van der Waals surface area contributed by atoms with Crippen molar-refractivity contribution in [2.45, 2.75) is 19.6 Å². The maximum atomic E-state index is 13.4. The molecule has 2 N–H and O–H groups in total. The number of aliphatic hydroxyl groups is 1. The summed E-state index contributed by atoms with van der Waals surface area (Å²) in [6.07, 6.45) is 2.92. The first-order valence-corrected chi connectivity index (χ1v) is 6.29. The summed E-state index contributed by atoms with van der Waals surface area (Å²) in [6, 6.07) is 6.27. The van der Waals surface area contributed by atoms with Crippen molar-refractivity contribution in [3.05, 3.63) is 53.6 Å². The van der Waals surface area contributed by atoms with E-state index in [0.717, 1.165) is 12.1 Å². The van der Waals surface area contributed by atoms with Gasteiger partial charge >= 0.3 is 0 Å². The summed E-state index contributed by atoms with van der Waals surface area (Å²) >= 11 is 0. The molecule has 0 saturated heterocycles. The van der Waals surface area contributed by atoms with E-state index in [9.17, 15) is 9.50 Å². The molecule has 4 nitrogen and oxygen atoms in total. The standard InChI is InChI=1S/C14H18FN3O/c1-11-8-17-18(10-11)7-6-16-9-14(19)12-4-2-3-5-13(12)15/h2-5,8,10,14,16,19H,6-7,9H2,1H3/t14-/m1/s1. The summed E-state index contributed by atoms with van der Waals surface area (Å²) < 4.78 is 15.2. The molecule has 0 bridgehead atoms. The molecule has 2 aromatic rings. The van der Waals surface area contributed by atoms with Gasteiger partial charge in [0.05, 0.1) is 18.8 Å². The molecular formula is C14H18FN3O. The van der Waals surface area contributed by atoms with Crippen molar-refractivity contribution in [3.8, 4) is 0 Å². The average molecular weight is 263 g/mol. The van der Waals surface area contributed by atoms with Crippen LogP contribution in [0.5, 0.6) is 0 Å². The second-order valence-corrected chi connectivity index (χ2v) is 4.52. The number of aromatic nitrogens is 2. The smallest absolute Gasteiger partial charge is 0.129 e. The topological polar surface area (TPSA) is 50.1 Å². The van der Waals surface area contributed by atoms with E-state index in [1.807, 2.05) is 17.8 Å². The van der Waals surface area contributed by atoms with Crippen molar-refractivity contribution in [1.82, 2.24) is 15.1 Å². The third kappa shape index (κ3) is 3.87. The number of hydrogen-bond donors (Lipinski definition) is 2. The van der Waals surface area contributed by atoms with Crippen LogP contribution in [-0.4, -0.2) is 28.0 Å². The van der Waals surface area contributed by atoms with E-state index in [2.05, 4.69) is 10.4 Å². The van der Waals surface area contributed by atoms with Gasteiger partial charge in [0.1, 0.15) is 5.82 Å². The van der Waals surface area contributed by atoms with Crippen LogP contribution in [0.4, 0.5) is 4.39 Å². The zero-order valence-electron chi connectivity index (χ0n) is 10.9. The lowest BCUT2D eigenvalue weighted by atomic mass is 10.1. The lowest BCUT2D eigenvalue weighted by Crippen LogP contribution is -2.25. The van der Waals surface area contributed by atoms with Gasteiger partial charge in [0.2, 0.25) is 0 Å². The van der Waals surface area contributed by atoms with Gasteiger partial charge in [-0.15, -0.1) is 0 Å². The van der Waals surface area contributed by atoms with Gasteiger partial charge in [-0.2, -0.15) is 5.10 Å². The predicted octanol–water partition coefficient (Wildman–Crippen LogP) is 1.65. The van der Waals surface area contributed by atoms with Crippen molar-refractivity contribution in [2.75, 3.05) is 13.1 Å². The fourth-order valence-corrected chi connectivity index (χ4v) is 1.88. The highest BCUT2D eigenvalue weighted by Crippen LogP contribution is 2.15. The number of aryl methyl sites for hydroxylation is 1. The number of hydrogen-bond acceptors (Lipinski definition) is 3. The number of nitrogens with one attached hydrogen (secondary N) is 1. The summed E-state index contributed by atoms with van der Waals surface area (Å²) in [6.45, 7) is 3.70. The van der Waals surface area contributed by atoms with E-state index in [0.29, 0.717) is 18.7 Å². The number of benzene rings is 1. The Morgan fingerprint density at radius 1 is 1.42 bits per heavy atom. The van der Waals surface area contributed by atoms with Gasteiger partial charge in [-0.05, 0) is 18.6 Å². The van der Waals surface area contributed by atoms with E-state index in [1.54, 1.807) is 24.4 Å². The van der Waals surface area contributed by atoms with Crippen molar-refractivity contribution < 1.29 is 9.50 Å². The molecule has 0 spiro atoms. The van der Waals surface area contributed by atoms with Crippen LogP contribution in [0, 0.1) is 12.7 Å². The lowest BCUT2D eigenvalue weighted by Gasteiger charge is -2.12. The monoisotopic (exact) mass is 263 g/mol. The van der Waals surface area contributed by atoms with Gasteiger partial charge in [-0.1, -0.05) is 18.2 Å². The highest BCUT2D eigenvalue weighted by Gasteiger charge is 2.11. The van der Waals surface area contributed by atoms with Gasteiger partial charge in [0.15, 0.2) is 0 Å². The molecule has 19 heavy (non-hydrogen) atoms. The quantitative estimate of drug-likeness (QED) is 0.779. The zero-order valence-corrected chi connectivity index (χ0v) is 10.9. The predicted molar refractivity (Wildman–Crippen MR) is 71.2 cm³/mol. The molecular weight excluding hydrogens is 245 g/mol. The minimum absolute atomic E-state index is 0.321. The average Bonchev–Trinajstić information content (AvgIpc) is 2.81. The second kappa shape index (κ2) is 6.45. The molecule has 1 aromatic heterocycles. The molecule has 0 fully saturated rings. The van der Waals surface area contributed by atoms with Crippen LogP contribution in [0.3, 0.4) is 0 Å². The third-order valence-corrected chi connectivity index (χ3v) is 2.88. The Bertz CT molecular complexity index is 527. The summed E-state index contributed by atoms with van der Waals surface area (Å²) in [7, 11) is 0. The molecule has 0 saturated carbocycles. The molecule has 1 aromatic carbocycles. The molecule has 0 amide bonds. The van der Waals surface area contributed by atoms with Gasteiger partial charge in [-0.3, -0.25) is 4.68 Å². The van der Waals surface area contributed by atoms with Crippen LogP contribution >= 0.6 is 0 Å². The molecule has 102 valence electrons. The first-order chi connectivity index (χ1) is 9.16. The van der Waals surface area contributed by atoms with Crippen molar-refractivity contribution in [3.63, 3.8) is 0 Å².